The van der Waals surface area contributed by atoms with E-state index in [1.807, 2.05) is 6.92 Å². The average Bonchev–Trinajstić information content (AvgIpc) is 3.04. The molecule has 0 aliphatic heterocycles. The first-order valence-corrected chi connectivity index (χ1v) is 9.31. The lowest BCUT2D eigenvalue weighted by Gasteiger charge is -2.15. The number of nitrogens with zero attached hydrogens (tertiary/aromatic N) is 3. The fourth-order valence-electron chi connectivity index (χ4n) is 2.91. The van der Waals surface area contributed by atoms with Crippen LogP contribution in [0.25, 0.3) is 0 Å². The van der Waals surface area contributed by atoms with E-state index in [4.69, 9.17) is 4.74 Å². The fraction of sp³-hybridized carbons (Fsp3) is 0.471. The summed E-state index contributed by atoms with van der Waals surface area (Å²) in [4.78, 5) is 41.0. The highest BCUT2D eigenvalue weighted by Crippen LogP contribution is 2.24. The third-order valence-corrected chi connectivity index (χ3v) is 5.33. The number of methoxy groups -OCH3 is 1. The van der Waals surface area contributed by atoms with E-state index in [1.165, 1.54) is 23.1 Å². The average molecular weight is 376 g/mol. The molecule has 8 nitrogen and oxygen atoms in total. The highest BCUT2D eigenvalue weighted by atomic mass is 32.1. The minimum Gasteiger partial charge on any atom is -0.464 e. The first kappa shape index (κ1) is 18.2. The second kappa shape index (κ2) is 7.77. The molecule has 0 unspecified atom stereocenters. The van der Waals surface area contributed by atoms with Gasteiger partial charge in [0.1, 0.15) is 6.54 Å². The maximum absolute atomic E-state index is 12.3. The molecule has 0 aromatic carbocycles. The van der Waals surface area contributed by atoms with Crippen LogP contribution in [0.4, 0.5) is 5.13 Å². The van der Waals surface area contributed by atoms with Crippen LogP contribution in [0.5, 0.6) is 0 Å². The predicted molar refractivity (Wildman–Crippen MR) is 96.6 cm³/mol. The minimum absolute atomic E-state index is 0.194. The number of aryl methyl sites for hydroxylation is 3. The van der Waals surface area contributed by atoms with Gasteiger partial charge in [0.15, 0.2) is 10.8 Å². The van der Waals surface area contributed by atoms with Crippen molar-refractivity contribution in [2.45, 2.75) is 45.6 Å². The van der Waals surface area contributed by atoms with Gasteiger partial charge in [-0.05, 0) is 37.7 Å². The molecule has 0 fully saturated rings. The Morgan fingerprint density at radius 2 is 2.12 bits per heavy atom. The largest absolute Gasteiger partial charge is 0.464 e. The third-order valence-electron chi connectivity index (χ3n) is 4.21. The van der Waals surface area contributed by atoms with E-state index in [0.29, 0.717) is 11.6 Å². The summed E-state index contributed by atoms with van der Waals surface area (Å²) >= 11 is 1.22. The van der Waals surface area contributed by atoms with Crippen LogP contribution in [-0.4, -0.2) is 33.8 Å². The second-order valence-electron chi connectivity index (χ2n) is 6.00. The van der Waals surface area contributed by atoms with Gasteiger partial charge in [-0.2, -0.15) is 5.10 Å². The van der Waals surface area contributed by atoms with E-state index >= 15 is 0 Å². The molecule has 2 aromatic heterocycles. The normalized spacial score (nSPS) is 13.2. The van der Waals surface area contributed by atoms with Gasteiger partial charge in [0, 0.05) is 10.9 Å². The Balaban J connectivity index is 1.74. The number of carbonyl (C=O) groups excluding carboxylic acids is 2. The van der Waals surface area contributed by atoms with Gasteiger partial charge in [0.05, 0.1) is 12.8 Å². The molecule has 0 saturated carbocycles. The lowest BCUT2D eigenvalue weighted by Crippen LogP contribution is -2.31. The number of carbonyl (C=O) groups is 2. The Morgan fingerprint density at radius 3 is 2.85 bits per heavy atom. The molecular weight excluding hydrogens is 356 g/mol. The summed E-state index contributed by atoms with van der Waals surface area (Å²) in [6, 6.07) is 1.57. The first-order valence-electron chi connectivity index (χ1n) is 8.49. The molecule has 1 aliphatic rings. The fourth-order valence-corrected chi connectivity index (χ4v) is 3.82. The molecule has 1 aliphatic carbocycles. The van der Waals surface area contributed by atoms with Crippen LogP contribution in [0.1, 0.15) is 46.4 Å². The summed E-state index contributed by atoms with van der Waals surface area (Å²) in [5.74, 6) is -0.950. The van der Waals surface area contributed by atoms with Crippen LogP contribution in [0.2, 0.25) is 0 Å². The molecule has 0 bridgehead atoms. The van der Waals surface area contributed by atoms with Crippen LogP contribution in [0.3, 0.4) is 0 Å². The molecule has 3 rings (SSSR count). The topological polar surface area (TPSA) is 103 Å². The van der Waals surface area contributed by atoms with Gasteiger partial charge in [0.2, 0.25) is 5.91 Å². The second-order valence-corrected chi connectivity index (χ2v) is 7.09. The Morgan fingerprint density at radius 1 is 1.35 bits per heavy atom. The molecule has 0 atom stereocenters. The number of thiazole rings is 1. The molecule has 26 heavy (non-hydrogen) atoms. The van der Waals surface area contributed by atoms with Gasteiger partial charge in [-0.1, -0.05) is 6.92 Å². The van der Waals surface area contributed by atoms with Gasteiger partial charge < -0.3 is 10.1 Å². The monoisotopic (exact) mass is 376 g/mol. The first-order chi connectivity index (χ1) is 12.5. The van der Waals surface area contributed by atoms with E-state index in [0.717, 1.165) is 41.8 Å². The zero-order valence-corrected chi connectivity index (χ0v) is 15.5. The van der Waals surface area contributed by atoms with Crippen molar-refractivity contribution >= 4 is 28.3 Å². The van der Waals surface area contributed by atoms with E-state index in [1.54, 1.807) is 6.07 Å². The molecule has 2 heterocycles. The zero-order valence-electron chi connectivity index (χ0n) is 14.7. The summed E-state index contributed by atoms with van der Waals surface area (Å²) < 4.78 is 5.87. The Labute approximate surface area is 154 Å². The van der Waals surface area contributed by atoms with Crippen molar-refractivity contribution in [3.05, 3.63) is 38.2 Å². The third kappa shape index (κ3) is 3.82. The van der Waals surface area contributed by atoms with E-state index in [-0.39, 0.29) is 17.8 Å². The number of hydrogen-bond acceptors (Lipinski definition) is 7. The molecule has 1 N–H and O–H groups in total. The molecule has 1 amide bonds. The molecule has 0 radical (unpaired) electrons. The van der Waals surface area contributed by atoms with Crippen molar-refractivity contribution in [1.82, 2.24) is 14.8 Å². The Hall–Kier alpha value is -2.55. The van der Waals surface area contributed by atoms with E-state index in [2.05, 4.69) is 15.4 Å². The number of anilines is 1. The standard InChI is InChI=1S/C17H20N4O4S/c1-3-12-15(16(24)25-2)19-17(26-12)18-13(22)9-21-14(23)8-10-6-4-5-7-11(10)20-21/h8H,3-7,9H2,1-2H3,(H,18,19,22). The number of esters is 1. The molecule has 0 spiro atoms. The summed E-state index contributed by atoms with van der Waals surface area (Å²) in [6.07, 6.45) is 4.39. The highest BCUT2D eigenvalue weighted by molar-refractivity contribution is 7.16. The zero-order chi connectivity index (χ0) is 18.7. The van der Waals surface area contributed by atoms with Crippen LogP contribution in [-0.2, 0) is 35.3 Å². The molecule has 2 aromatic rings. The minimum atomic E-state index is -0.536. The van der Waals surface area contributed by atoms with E-state index in [9.17, 15) is 14.4 Å². The number of aromatic nitrogens is 3. The highest BCUT2D eigenvalue weighted by Gasteiger charge is 2.19. The van der Waals surface area contributed by atoms with Gasteiger partial charge >= 0.3 is 5.97 Å². The predicted octanol–water partition coefficient (Wildman–Crippen LogP) is 1.57. The summed E-state index contributed by atoms with van der Waals surface area (Å²) in [5.41, 5.74) is 1.79. The SMILES string of the molecule is CCc1sc(NC(=O)Cn2nc3c(cc2=O)CCCC3)nc1C(=O)OC. The van der Waals surface area contributed by atoms with Crippen molar-refractivity contribution < 1.29 is 14.3 Å². The number of hydrogen-bond donors (Lipinski definition) is 1. The smallest absolute Gasteiger partial charge is 0.357 e. The van der Waals surface area contributed by atoms with Crippen molar-refractivity contribution in [3.8, 4) is 0 Å². The summed E-state index contributed by atoms with van der Waals surface area (Å²) in [6.45, 7) is 1.70. The summed E-state index contributed by atoms with van der Waals surface area (Å²) in [5, 5.41) is 7.26. The van der Waals surface area contributed by atoms with Crippen molar-refractivity contribution in [2.75, 3.05) is 12.4 Å². The number of ether oxygens (including phenoxy) is 1. The lowest BCUT2D eigenvalue weighted by atomic mass is 9.97. The Bertz CT molecular complexity index is 903. The number of rotatable bonds is 5. The number of fused-ring (bicyclic) bond motifs is 1. The molecule has 138 valence electrons. The lowest BCUT2D eigenvalue weighted by molar-refractivity contribution is -0.117. The molecular formula is C17H20N4O4S. The van der Waals surface area contributed by atoms with Gasteiger partial charge in [0.25, 0.3) is 5.56 Å². The van der Waals surface area contributed by atoms with Crippen molar-refractivity contribution in [3.63, 3.8) is 0 Å². The quantitative estimate of drug-likeness (QED) is 0.795. The summed E-state index contributed by atoms with van der Waals surface area (Å²) in [7, 11) is 1.29. The number of amides is 1. The maximum Gasteiger partial charge on any atom is 0.357 e. The van der Waals surface area contributed by atoms with Gasteiger partial charge in [-0.15, -0.1) is 11.3 Å². The van der Waals surface area contributed by atoms with Crippen molar-refractivity contribution in [2.24, 2.45) is 0 Å². The number of nitrogens with one attached hydrogen (secondary N) is 1. The Kier molecular flexibility index (Phi) is 5.46. The van der Waals surface area contributed by atoms with Gasteiger partial charge in [-0.25, -0.2) is 14.5 Å². The van der Waals surface area contributed by atoms with Crippen LogP contribution >= 0.6 is 11.3 Å². The maximum atomic E-state index is 12.3. The van der Waals surface area contributed by atoms with Crippen molar-refractivity contribution in [1.29, 1.82) is 0 Å². The van der Waals surface area contributed by atoms with Crippen LogP contribution in [0.15, 0.2) is 10.9 Å². The molecule has 9 heteroatoms. The van der Waals surface area contributed by atoms with Gasteiger partial charge in [-0.3, -0.25) is 9.59 Å². The van der Waals surface area contributed by atoms with Crippen LogP contribution in [0, 0.1) is 0 Å². The van der Waals surface area contributed by atoms with Crippen LogP contribution < -0.4 is 10.9 Å². The van der Waals surface area contributed by atoms with E-state index < -0.39 is 11.9 Å². The molecule has 0 saturated heterocycles.